The van der Waals surface area contributed by atoms with Crippen LogP contribution in [-0.2, 0) is 9.84 Å². The zero-order valence-electron chi connectivity index (χ0n) is 9.29. The third-order valence-electron chi connectivity index (χ3n) is 3.30. The summed E-state index contributed by atoms with van der Waals surface area (Å²) in [7, 11) is -0.930. The summed E-state index contributed by atoms with van der Waals surface area (Å²) >= 11 is 0. The normalized spacial score (nSPS) is 33.5. The van der Waals surface area contributed by atoms with Crippen molar-refractivity contribution in [2.24, 2.45) is 5.92 Å². The Morgan fingerprint density at radius 1 is 1.36 bits per heavy atom. The Morgan fingerprint density at radius 2 is 2.00 bits per heavy atom. The first-order chi connectivity index (χ1) is 6.53. The summed E-state index contributed by atoms with van der Waals surface area (Å²) in [6.07, 6.45) is 2.55. The number of rotatable bonds is 4. The summed E-state index contributed by atoms with van der Waals surface area (Å²) in [6, 6.07) is 0.381. The molecule has 1 saturated carbocycles. The van der Waals surface area contributed by atoms with Crippen LogP contribution < -0.4 is 5.32 Å². The first-order valence-electron chi connectivity index (χ1n) is 5.41. The SMILES string of the molecule is CCCS(=O)(=O)C1CCC(NC)C1C. The van der Waals surface area contributed by atoms with Crippen LogP contribution in [0.5, 0.6) is 0 Å². The summed E-state index contributed by atoms with van der Waals surface area (Å²) in [5.41, 5.74) is 0. The molecule has 84 valence electrons. The van der Waals surface area contributed by atoms with Crippen molar-refractivity contribution >= 4 is 9.84 Å². The molecular weight excluding hydrogens is 198 g/mol. The van der Waals surface area contributed by atoms with E-state index in [1.54, 1.807) is 0 Å². The third-order valence-corrected chi connectivity index (χ3v) is 5.87. The minimum Gasteiger partial charge on any atom is -0.317 e. The fourth-order valence-corrected chi connectivity index (χ4v) is 4.69. The van der Waals surface area contributed by atoms with Crippen molar-refractivity contribution in [2.75, 3.05) is 12.8 Å². The Morgan fingerprint density at radius 3 is 2.43 bits per heavy atom. The number of sulfone groups is 1. The van der Waals surface area contributed by atoms with Gasteiger partial charge in [0.1, 0.15) is 0 Å². The first-order valence-corrected chi connectivity index (χ1v) is 7.13. The summed E-state index contributed by atoms with van der Waals surface area (Å²) in [5.74, 6) is 0.606. The van der Waals surface area contributed by atoms with E-state index in [-0.39, 0.29) is 11.2 Å². The molecular formula is C10H21NO2S. The third kappa shape index (κ3) is 2.28. The maximum Gasteiger partial charge on any atom is 0.153 e. The molecule has 1 rings (SSSR count). The second kappa shape index (κ2) is 4.62. The molecule has 1 fully saturated rings. The second-order valence-electron chi connectivity index (χ2n) is 4.24. The van der Waals surface area contributed by atoms with E-state index in [0.717, 1.165) is 19.3 Å². The highest BCUT2D eigenvalue weighted by molar-refractivity contribution is 7.92. The Labute approximate surface area is 87.2 Å². The number of hydrogen-bond acceptors (Lipinski definition) is 3. The van der Waals surface area contributed by atoms with E-state index in [2.05, 4.69) is 5.32 Å². The van der Waals surface area contributed by atoms with Gasteiger partial charge >= 0.3 is 0 Å². The van der Waals surface area contributed by atoms with Gasteiger partial charge in [-0.15, -0.1) is 0 Å². The van der Waals surface area contributed by atoms with E-state index in [9.17, 15) is 8.42 Å². The molecule has 0 aromatic rings. The molecule has 3 unspecified atom stereocenters. The molecule has 0 aliphatic heterocycles. The molecule has 0 spiro atoms. The Bertz CT molecular complexity index is 274. The maximum absolute atomic E-state index is 11.9. The van der Waals surface area contributed by atoms with Gasteiger partial charge in [0.05, 0.1) is 11.0 Å². The summed E-state index contributed by atoms with van der Waals surface area (Å²) in [4.78, 5) is 0. The zero-order valence-corrected chi connectivity index (χ0v) is 10.1. The highest BCUT2D eigenvalue weighted by Gasteiger charge is 2.39. The van der Waals surface area contributed by atoms with Crippen LogP contribution in [0.25, 0.3) is 0 Å². The zero-order chi connectivity index (χ0) is 10.8. The lowest BCUT2D eigenvalue weighted by molar-refractivity contribution is 0.453. The summed E-state index contributed by atoms with van der Waals surface area (Å²) in [5, 5.41) is 3.08. The van der Waals surface area contributed by atoms with E-state index < -0.39 is 9.84 Å². The van der Waals surface area contributed by atoms with Crippen LogP contribution in [0, 0.1) is 5.92 Å². The van der Waals surface area contributed by atoms with Crippen LogP contribution in [0.1, 0.15) is 33.1 Å². The van der Waals surface area contributed by atoms with Gasteiger partial charge in [0, 0.05) is 6.04 Å². The van der Waals surface area contributed by atoms with Crippen molar-refractivity contribution in [3.8, 4) is 0 Å². The van der Waals surface area contributed by atoms with E-state index in [1.165, 1.54) is 0 Å². The van der Waals surface area contributed by atoms with Gasteiger partial charge in [-0.1, -0.05) is 13.8 Å². The number of hydrogen-bond donors (Lipinski definition) is 1. The fraction of sp³-hybridized carbons (Fsp3) is 1.00. The smallest absolute Gasteiger partial charge is 0.153 e. The lowest BCUT2D eigenvalue weighted by atomic mass is 10.1. The predicted octanol–water partition coefficient (Wildman–Crippen LogP) is 1.20. The van der Waals surface area contributed by atoms with E-state index in [1.807, 2.05) is 20.9 Å². The van der Waals surface area contributed by atoms with Gasteiger partial charge in [-0.25, -0.2) is 8.42 Å². The summed E-state index contributed by atoms with van der Waals surface area (Å²) < 4.78 is 23.8. The predicted molar refractivity (Wildman–Crippen MR) is 59.1 cm³/mol. The van der Waals surface area contributed by atoms with Gasteiger partial charge in [-0.2, -0.15) is 0 Å². The molecule has 0 heterocycles. The van der Waals surface area contributed by atoms with Crippen molar-refractivity contribution in [3.63, 3.8) is 0 Å². The molecule has 1 N–H and O–H groups in total. The molecule has 0 aromatic heterocycles. The highest BCUT2D eigenvalue weighted by Crippen LogP contribution is 2.31. The van der Waals surface area contributed by atoms with Crippen molar-refractivity contribution in [3.05, 3.63) is 0 Å². The largest absolute Gasteiger partial charge is 0.317 e. The molecule has 0 radical (unpaired) electrons. The fourth-order valence-electron chi connectivity index (χ4n) is 2.48. The average Bonchev–Trinajstić information content (AvgIpc) is 2.47. The minimum atomic E-state index is -2.84. The van der Waals surface area contributed by atoms with Crippen molar-refractivity contribution in [1.29, 1.82) is 0 Å². The van der Waals surface area contributed by atoms with Crippen molar-refractivity contribution in [1.82, 2.24) is 5.32 Å². The Hall–Kier alpha value is -0.0900. The van der Waals surface area contributed by atoms with Gasteiger partial charge in [-0.05, 0) is 32.2 Å². The molecule has 0 saturated heterocycles. The monoisotopic (exact) mass is 219 g/mol. The molecule has 3 nitrogen and oxygen atoms in total. The minimum absolute atomic E-state index is 0.111. The molecule has 0 bridgehead atoms. The molecule has 1 aliphatic carbocycles. The highest BCUT2D eigenvalue weighted by atomic mass is 32.2. The van der Waals surface area contributed by atoms with Gasteiger partial charge in [0.15, 0.2) is 9.84 Å². The van der Waals surface area contributed by atoms with Crippen LogP contribution in [0.4, 0.5) is 0 Å². The standard InChI is InChI=1S/C10H21NO2S/c1-4-7-14(12,13)10-6-5-9(11-3)8(10)2/h8-11H,4-7H2,1-3H3. The van der Waals surface area contributed by atoms with Crippen LogP contribution in [0.2, 0.25) is 0 Å². The van der Waals surface area contributed by atoms with Crippen LogP contribution in [0.15, 0.2) is 0 Å². The van der Waals surface area contributed by atoms with Gasteiger partial charge in [0.2, 0.25) is 0 Å². The lowest BCUT2D eigenvalue weighted by Gasteiger charge is -2.20. The molecule has 4 heteroatoms. The molecule has 3 atom stereocenters. The lowest BCUT2D eigenvalue weighted by Crippen LogP contribution is -2.35. The van der Waals surface area contributed by atoms with E-state index in [0.29, 0.717) is 11.8 Å². The topological polar surface area (TPSA) is 46.2 Å². The van der Waals surface area contributed by atoms with E-state index in [4.69, 9.17) is 0 Å². The summed E-state index contributed by atoms with van der Waals surface area (Å²) in [6.45, 7) is 3.97. The van der Waals surface area contributed by atoms with Gasteiger partial charge in [0.25, 0.3) is 0 Å². The molecule has 0 amide bonds. The average molecular weight is 219 g/mol. The van der Waals surface area contributed by atoms with Gasteiger partial charge in [-0.3, -0.25) is 0 Å². The maximum atomic E-state index is 11.9. The van der Waals surface area contributed by atoms with Gasteiger partial charge < -0.3 is 5.32 Å². The Balaban J connectivity index is 2.72. The number of nitrogens with one attached hydrogen (secondary N) is 1. The van der Waals surface area contributed by atoms with Crippen molar-refractivity contribution in [2.45, 2.75) is 44.4 Å². The van der Waals surface area contributed by atoms with E-state index >= 15 is 0 Å². The molecule has 14 heavy (non-hydrogen) atoms. The van der Waals surface area contributed by atoms with Crippen LogP contribution in [0.3, 0.4) is 0 Å². The quantitative estimate of drug-likeness (QED) is 0.773. The molecule has 0 aromatic carbocycles. The second-order valence-corrected chi connectivity index (χ2v) is 6.58. The first kappa shape index (κ1) is 12.0. The van der Waals surface area contributed by atoms with Crippen LogP contribution in [-0.4, -0.2) is 32.5 Å². The van der Waals surface area contributed by atoms with Crippen LogP contribution >= 0.6 is 0 Å². The Kier molecular flexibility index (Phi) is 3.95. The molecule has 1 aliphatic rings. The van der Waals surface area contributed by atoms with Crippen molar-refractivity contribution < 1.29 is 8.42 Å².